The van der Waals surface area contributed by atoms with Crippen LogP contribution in [0.3, 0.4) is 0 Å². The number of carbonyl (C=O) groups is 1. The van der Waals surface area contributed by atoms with Crippen LogP contribution in [0.4, 0.5) is 0 Å². The van der Waals surface area contributed by atoms with Gasteiger partial charge < -0.3 is 14.5 Å². The molecule has 0 radical (unpaired) electrons. The van der Waals surface area contributed by atoms with E-state index in [1.165, 1.54) is 18.4 Å². The van der Waals surface area contributed by atoms with Crippen LogP contribution < -0.4 is 10.1 Å². The van der Waals surface area contributed by atoms with Crippen LogP contribution in [-0.4, -0.2) is 27.1 Å². The highest BCUT2D eigenvalue weighted by Gasteiger charge is 2.21. The Balaban J connectivity index is 1.53. The third-order valence-electron chi connectivity index (χ3n) is 5.51. The molecule has 0 saturated heterocycles. The van der Waals surface area contributed by atoms with Gasteiger partial charge in [-0.05, 0) is 42.3 Å². The molecule has 4 aromatic rings. The summed E-state index contributed by atoms with van der Waals surface area (Å²) in [6.45, 7) is 3.03. The Kier molecular flexibility index (Phi) is 7.03. The molecule has 1 amide bonds. The van der Waals surface area contributed by atoms with Crippen molar-refractivity contribution in [3.8, 4) is 17.1 Å². The van der Waals surface area contributed by atoms with Gasteiger partial charge in [-0.25, -0.2) is 8.42 Å². The molecule has 0 aliphatic heterocycles. The molecule has 3 aromatic carbocycles. The summed E-state index contributed by atoms with van der Waals surface area (Å²) in [5.41, 5.74) is 2.95. The number of ether oxygens (including phenoxy) is 1. The first-order chi connectivity index (χ1) is 16.4. The number of benzene rings is 3. The third kappa shape index (κ3) is 5.31. The number of carbonyl (C=O) groups excluding carboxylic acids is 1. The molecule has 176 valence electrons. The van der Waals surface area contributed by atoms with Gasteiger partial charge in [-0.2, -0.15) is 0 Å². The van der Waals surface area contributed by atoms with Crippen molar-refractivity contribution in [1.29, 1.82) is 0 Å². The van der Waals surface area contributed by atoms with Crippen molar-refractivity contribution in [3.63, 3.8) is 0 Å². The first-order valence-corrected chi connectivity index (χ1v) is 13.1. The molecule has 1 heterocycles. The van der Waals surface area contributed by atoms with Crippen LogP contribution in [-0.2, 0) is 16.4 Å². The molecule has 0 aliphatic rings. The van der Waals surface area contributed by atoms with Gasteiger partial charge in [0.2, 0.25) is 0 Å². The molecule has 0 aliphatic carbocycles. The van der Waals surface area contributed by atoms with Gasteiger partial charge in [0.05, 0.1) is 10.5 Å². The lowest BCUT2D eigenvalue weighted by molar-refractivity contribution is 0.0955. The van der Waals surface area contributed by atoms with E-state index in [0.717, 1.165) is 29.4 Å². The molecule has 0 fully saturated rings. The number of nitrogens with one attached hydrogen (secondary N) is 1. The fraction of sp³-hybridized carbons (Fsp3) is 0.222. The maximum atomic E-state index is 13.0. The first-order valence-electron chi connectivity index (χ1n) is 11.2. The largest absolute Gasteiger partial charge is 0.489 e. The predicted molar refractivity (Wildman–Crippen MR) is 133 cm³/mol. The lowest BCUT2D eigenvalue weighted by Crippen LogP contribution is -2.24. The maximum Gasteiger partial charge on any atom is 0.255 e. The van der Waals surface area contributed by atoms with Gasteiger partial charge in [0, 0.05) is 23.8 Å². The van der Waals surface area contributed by atoms with Crippen molar-refractivity contribution >= 4 is 26.7 Å². The quantitative estimate of drug-likeness (QED) is 0.317. The second-order valence-electron chi connectivity index (χ2n) is 8.14. The van der Waals surface area contributed by atoms with Gasteiger partial charge >= 0.3 is 0 Å². The molecular weight excluding hydrogens is 450 g/mol. The number of hydrogen-bond donors (Lipinski definition) is 1. The summed E-state index contributed by atoms with van der Waals surface area (Å²) in [5, 5.41) is 3.78. The molecule has 1 aromatic heterocycles. The smallest absolute Gasteiger partial charge is 0.255 e. The average Bonchev–Trinajstić information content (AvgIpc) is 3.22. The monoisotopic (exact) mass is 477 g/mol. The number of furan rings is 1. The molecule has 4 rings (SSSR count). The minimum atomic E-state index is -3.24. The summed E-state index contributed by atoms with van der Waals surface area (Å²) >= 11 is 0. The maximum absolute atomic E-state index is 13.0. The normalized spacial score (nSPS) is 11.5. The van der Waals surface area contributed by atoms with Crippen LogP contribution in [0.2, 0.25) is 0 Å². The summed E-state index contributed by atoms with van der Waals surface area (Å²) in [5.74, 6) is 0.983. The van der Waals surface area contributed by atoms with Crippen LogP contribution >= 0.6 is 0 Å². The van der Waals surface area contributed by atoms with E-state index in [4.69, 9.17) is 9.15 Å². The Bertz CT molecular complexity index is 1390. The van der Waals surface area contributed by atoms with E-state index in [0.29, 0.717) is 35.8 Å². The van der Waals surface area contributed by atoms with Crippen molar-refractivity contribution in [3.05, 3.63) is 83.9 Å². The fourth-order valence-corrected chi connectivity index (χ4v) is 4.27. The zero-order chi connectivity index (χ0) is 24.1. The minimum Gasteiger partial charge on any atom is -0.489 e. The van der Waals surface area contributed by atoms with Crippen molar-refractivity contribution in [1.82, 2.24) is 5.32 Å². The highest BCUT2D eigenvalue weighted by atomic mass is 32.2. The molecule has 7 heteroatoms. The van der Waals surface area contributed by atoms with E-state index < -0.39 is 9.84 Å². The van der Waals surface area contributed by atoms with Crippen molar-refractivity contribution in [2.75, 3.05) is 12.8 Å². The first kappa shape index (κ1) is 23.6. The molecule has 1 N–H and O–H groups in total. The van der Waals surface area contributed by atoms with Crippen LogP contribution in [0.5, 0.6) is 5.75 Å². The van der Waals surface area contributed by atoms with Crippen LogP contribution in [0.15, 0.2) is 82.1 Å². The number of hydrogen-bond acceptors (Lipinski definition) is 5. The summed E-state index contributed by atoms with van der Waals surface area (Å²) in [7, 11) is -3.24. The van der Waals surface area contributed by atoms with E-state index >= 15 is 0 Å². The SMILES string of the molecule is CCCCNC(=O)c1c(-c2ccc(COc3ccc(S(C)(=O)=O)cc3)cc2)oc2ccccc12. The van der Waals surface area contributed by atoms with Crippen molar-refractivity contribution in [2.24, 2.45) is 0 Å². The fourth-order valence-electron chi connectivity index (χ4n) is 3.64. The molecule has 0 bridgehead atoms. The van der Waals surface area contributed by atoms with E-state index in [1.807, 2.05) is 48.5 Å². The minimum absolute atomic E-state index is 0.140. The molecule has 0 unspecified atom stereocenters. The molecule has 0 atom stereocenters. The summed E-state index contributed by atoms with van der Waals surface area (Å²) < 4.78 is 35.0. The van der Waals surface area contributed by atoms with Crippen LogP contribution in [0.25, 0.3) is 22.3 Å². The van der Waals surface area contributed by atoms with Crippen LogP contribution in [0.1, 0.15) is 35.7 Å². The summed E-state index contributed by atoms with van der Waals surface area (Å²) in [6, 6.07) is 21.5. The molecular formula is C27H27NO5S. The Labute approximate surface area is 199 Å². The van der Waals surface area contributed by atoms with Gasteiger partial charge in [0.15, 0.2) is 9.84 Å². The van der Waals surface area contributed by atoms with Crippen LogP contribution in [0, 0.1) is 0 Å². The number of amides is 1. The number of para-hydroxylation sites is 1. The van der Waals surface area contributed by atoms with Gasteiger partial charge in [-0.3, -0.25) is 4.79 Å². The second-order valence-corrected chi connectivity index (χ2v) is 10.2. The third-order valence-corrected chi connectivity index (χ3v) is 6.64. The summed E-state index contributed by atoms with van der Waals surface area (Å²) in [4.78, 5) is 13.2. The molecule has 0 spiro atoms. The summed E-state index contributed by atoms with van der Waals surface area (Å²) in [6.07, 6.45) is 3.10. The standard InChI is InChI=1S/C27H27NO5S/c1-3-4-17-28-27(29)25-23-7-5-6-8-24(23)33-26(25)20-11-9-19(10-12-20)18-32-21-13-15-22(16-14-21)34(2,30)31/h5-16H,3-4,17-18H2,1-2H3,(H,28,29). The average molecular weight is 478 g/mol. The lowest BCUT2D eigenvalue weighted by atomic mass is 10.0. The Morgan fingerprint density at radius 2 is 1.68 bits per heavy atom. The Morgan fingerprint density at radius 3 is 2.35 bits per heavy atom. The zero-order valence-electron chi connectivity index (χ0n) is 19.2. The van der Waals surface area contributed by atoms with Crippen molar-refractivity contribution < 1.29 is 22.4 Å². The number of sulfone groups is 1. The van der Waals surface area contributed by atoms with E-state index in [9.17, 15) is 13.2 Å². The van der Waals surface area contributed by atoms with Gasteiger partial charge in [-0.15, -0.1) is 0 Å². The Hall–Kier alpha value is -3.58. The van der Waals surface area contributed by atoms with E-state index in [2.05, 4.69) is 12.2 Å². The molecule has 6 nitrogen and oxygen atoms in total. The molecule has 0 saturated carbocycles. The number of unbranched alkanes of at least 4 members (excludes halogenated alkanes) is 1. The second kappa shape index (κ2) is 10.1. The highest BCUT2D eigenvalue weighted by Crippen LogP contribution is 2.34. The van der Waals surface area contributed by atoms with E-state index in [-0.39, 0.29) is 10.8 Å². The zero-order valence-corrected chi connectivity index (χ0v) is 20.0. The topological polar surface area (TPSA) is 85.6 Å². The van der Waals surface area contributed by atoms with Gasteiger partial charge in [0.25, 0.3) is 5.91 Å². The van der Waals surface area contributed by atoms with Crippen molar-refractivity contribution in [2.45, 2.75) is 31.3 Å². The number of fused-ring (bicyclic) bond motifs is 1. The highest BCUT2D eigenvalue weighted by molar-refractivity contribution is 7.90. The molecule has 34 heavy (non-hydrogen) atoms. The lowest BCUT2D eigenvalue weighted by Gasteiger charge is -2.08. The van der Waals surface area contributed by atoms with Gasteiger partial charge in [-0.1, -0.05) is 55.8 Å². The van der Waals surface area contributed by atoms with Gasteiger partial charge in [0.1, 0.15) is 23.7 Å². The number of rotatable bonds is 9. The van der Waals surface area contributed by atoms with E-state index in [1.54, 1.807) is 12.1 Å². The Morgan fingerprint density at radius 1 is 0.971 bits per heavy atom. The predicted octanol–water partition coefficient (Wildman–Crippen LogP) is 5.61.